The van der Waals surface area contributed by atoms with Crippen LogP contribution in [0.4, 0.5) is 43.4 Å². The van der Waals surface area contributed by atoms with Gasteiger partial charge in [0.25, 0.3) is 0 Å². The van der Waals surface area contributed by atoms with Crippen molar-refractivity contribution in [2.45, 2.75) is 83.4 Å². The molecule has 2 aromatic rings. The third-order valence-corrected chi connectivity index (χ3v) is 5.83. The van der Waals surface area contributed by atoms with Gasteiger partial charge in [0.2, 0.25) is 5.91 Å². The van der Waals surface area contributed by atoms with Gasteiger partial charge in [-0.15, -0.1) is 0 Å². The molecule has 2 atom stereocenters. The first-order valence-corrected chi connectivity index (χ1v) is 12.1. The quantitative estimate of drug-likeness (QED) is 0.136. The predicted molar refractivity (Wildman–Crippen MR) is 131 cm³/mol. The molecule has 1 unspecified atom stereocenters. The molecule has 36 heavy (non-hydrogen) atoms. The summed E-state index contributed by atoms with van der Waals surface area (Å²) in [5, 5.41) is 5.28. The Bertz CT molecular complexity index is 965. The summed E-state index contributed by atoms with van der Waals surface area (Å²) in [6, 6.07) is 7.23. The summed E-state index contributed by atoms with van der Waals surface area (Å²) in [6.07, 6.45) is -4.02. The predicted octanol–water partition coefficient (Wildman–Crippen LogP) is 7.79. The molecule has 4 N–H and O–H groups in total. The minimum absolute atomic E-state index is 0.0269. The molecule has 0 saturated heterocycles. The van der Waals surface area contributed by atoms with Crippen LogP contribution in [0.3, 0.4) is 0 Å². The number of amides is 1. The molecule has 0 aliphatic heterocycles. The van der Waals surface area contributed by atoms with E-state index in [1.165, 1.54) is 24.3 Å². The molecule has 2 rings (SSSR count). The highest BCUT2D eigenvalue weighted by atomic mass is 19.4. The second-order valence-corrected chi connectivity index (χ2v) is 8.76. The Morgan fingerprint density at radius 1 is 0.917 bits per heavy atom. The molecule has 0 bridgehead atoms. The molecule has 4 nitrogen and oxygen atoms in total. The fourth-order valence-electron chi connectivity index (χ4n) is 3.64. The third-order valence-electron chi connectivity index (χ3n) is 5.83. The van der Waals surface area contributed by atoms with Crippen LogP contribution in [-0.2, 0) is 17.5 Å². The van der Waals surface area contributed by atoms with Gasteiger partial charge in [-0.2, -0.15) is 13.2 Å². The number of hydrogen-bond donors (Lipinski definition) is 3. The SMILES string of the molecule is CCCCCC(F)[C@@H](F)CCCCC(=O)Nc1ccc(NCc2ccc(C(F)(F)F)cc2)c(F)c1N. The number of benzene rings is 2. The minimum atomic E-state index is -4.44. The Hall–Kier alpha value is -2.91. The van der Waals surface area contributed by atoms with Gasteiger partial charge >= 0.3 is 6.18 Å². The molecule has 0 saturated carbocycles. The fraction of sp³-hybridized carbons (Fsp3) is 0.500. The van der Waals surface area contributed by atoms with Gasteiger partial charge in [-0.1, -0.05) is 38.3 Å². The molecule has 10 heteroatoms. The van der Waals surface area contributed by atoms with Crippen LogP contribution in [0.2, 0.25) is 0 Å². The van der Waals surface area contributed by atoms with Crippen LogP contribution < -0.4 is 16.4 Å². The van der Waals surface area contributed by atoms with E-state index < -0.39 is 35.8 Å². The molecule has 0 fully saturated rings. The number of rotatable bonds is 14. The number of carbonyl (C=O) groups is 1. The van der Waals surface area contributed by atoms with E-state index in [4.69, 9.17) is 5.73 Å². The van der Waals surface area contributed by atoms with Crippen molar-refractivity contribution in [3.05, 3.63) is 53.3 Å². The van der Waals surface area contributed by atoms with Crippen LogP contribution in [-0.4, -0.2) is 18.3 Å². The lowest BCUT2D eigenvalue weighted by Crippen LogP contribution is -2.18. The lowest BCUT2D eigenvalue weighted by Gasteiger charge is -2.14. The Morgan fingerprint density at radius 3 is 2.08 bits per heavy atom. The summed E-state index contributed by atoms with van der Waals surface area (Å²) in [7, 11) is 0. The van der Waals surface area contributed by atoms with Crippen molar-refractivity contribution in [2.75, 3.05) is 16.4 Å². The minimum Gasteiger partial charge on any atom is -0.395 e. The zero-order chi connectivity index (χ0) is 26.7. The van der Waals surface area contributed by atoms with Gasteiger partial charge < -0.3 is 16.4 Å². The van der Waals surface area contributed by atoms with E-state index in [2.05, 4.69) is 10.6 Å². The van der Waals surface area contributed by atoms with Crippen molar-refractivity contribution in [1.82, 2.24) is 0 Å². The molecule has 2 aromatic carbocycles. The first-order chi connectivity index (χ1) is 17.0. The molecule has 0 aliphatic rings. The zero-order valence-corrected chi connectivity index (χ0v) is 20.2. The number of unbranched alkanes of at least 4 members (excludes halogenated alkanes) is 3. The van der Waals surface area contributed by atoms with Crippen LogP contribution in [0.1, 0.15) is 69.4 Å². The molecule has 0 radical (unpaired) electrons. The standard InChI is InChI=1S/C26H33F6N3O/c1-2-3-4-7-19(27)20(28)8-5-6-9-23(36)35-22-15-14-21(24(29)25(22)33)34-16-17-10-12-18(13-11-17)26(30,31)32/h10-15,19-20,34H,2-9,16,33H2,1H3,(H,35,36)/t19?,20-/m0/s1. The number of carbonyl (C=O) groups excluding carboxylic acids is 1. The molecule has 0 spiro atoms. The highest BCUT2D eigenvalue weighted by Gasteiger charge is 2.29. The second-order valence-electron chi connectivity index (χ2n) is 8.76. The van der Waals surface area contributed by atoms with Crippen LogP contribution in [0, 0.1) is 5.82 Å². The van der Waals surface area contributed by atoms with E-state index in [0.29, 0.717) is 24.8 Å². The van der Waals surface area contributed by atoms with Gasteiger partial charge in [-0.05, 0) is 55.5 Å². The van der Waals surface area contributed by atoms with Crippen molar-refractivity contribution in [1.29, 1.82) is 0 Å². The summed E-state index contributed by atoms with van der Waals surface area (Å²) in [6.45, 7) is 2.06. The van der Waals surface area contributed by atoms with Gasteiger partial charge in [0.1, 0.15) is 12.3 Å². The first-order valence-electron chi connectivity index (χ1n) is 12.1. The third kappa shape index (κ3) is 9.28. The molecule has 1 amide bonds. The van der Waals surface area contributed by atoms with Gasteiger partial charge in [-0.3, -0.25) is 4.79 Å². The molecule has 0 aromatic heterocycles. The van der Waals surface area contributed by atoms with Crippen molar-refractivity contribution in [3.8, 4) is 0 Å². The first kappa shape index (κ1) is 29.3. The maximum Gasteiger partial charge on any atom is 0.416 e. The van der Waals surface area contributed by atoms with Crippen molar-refractivity contribution in [3.63, 3.8) is 0 Å². The largest absolute Gasteiger partial charge is 0.416 e. The highest BCUT2D eigenvalue weighted by Crippen LogP contribution is 2.30. The average molecular weight is 518 g/mol. The van der Waals surface area contributed by atoms with E-state index in [0.717, 1.165) is 25.0 Å². The van der Waals surface area contributed by atoms with Crippen molar-refractivity contribution < 1.29 is 31.1 Å². The van der Waals surface area contributed by atoms with Gasteiger partial charge in [-0.25, -0.2) is 13.2 Å². The summed E-state index contributed by atoms with van der Waals surface area (Å²) in [5.74, 6) is -1.24. The Balaban J connectivity index is 1.80. The summed E-state index contributed by atoms with van der Waals surface area (Å²) < 4.78 is 80.3. The lowest BCUT2D eigenvalue weighted by atomic mass is 10.0. The fourth-order valence-corrected chi connectivity index (χ4v) is 3.64. The summed E-state index contributed by atoms with van der Waals surface area (Å²) in [5.41, 5.74) is 5.33. The van der Waals surface area contributed by atoms with E-state index >= 15 is 0 Å². The van der Waals surface area contributed by atoms with Crippen LogP contribution in [0.5, 0.6) is 0 Å². The Morgan fingerprint density at radius 2 is 1.50 bits per heavy atom. The van der Waals surface area contributed by atoms with E-state index in [1.54, 1.807) is 0 Å². The topological polar surface area (TPSA) is 67.2 Å². The number of nitrogens with one attached hydrogen (secondary N) is 2. The molecule has 0 heterocycles. The van der Waals surface area contributed by atoms with Crippen molar-refractivity contribution >= 4 is 23.0 Å². The van der Waals surface area contributed by atoms with Crippen LogP contribution in [0.25, 0.3) is 0 Å². The smallest absolute Gasteiger partial charge is 0.395 e. The molecular weight excluding hydrogens is 484 g/mol. The molecule has 200 valence electrons. The van der Waals surface area contributed by atoms with E-state index in [-0.39, 0.29) is 42.9 Å². The number of nitrogens with two attached hydrogens (primary N) is 1. The van der Waals surface area contributed by atoms with Gasteiger partial charge in [0.15, 0.2) is 5.82 Å². The maximum absolute atomic E-state index is 14.7. The number of halogens is 6. The number of nitrogen functional groups attached to an aromatic ring is 1. The zero-order valence-electron chi connectivity index (χ0n) is 20.2. The van der Waals surface area contributed by atoms with Crippen LogP contribution >= 0.6 is 0 Å². The van der Waals surface area contributed by atoms with Gasteiger partial charge in [0.05, 0.1) is 22.6 Å². The number of hydrogen-bond acceptors (Lipinski definition) is 3. The number of alkyl halides is 5. The number of anilines is 3. The van der Waals surface area contributed by atoms with Crippen LogP contribution in [0.15, 0.2) is 36.4 Å². The second kappa shape index (κ2) is 14.0. The molecular formula is C26H33F6N3O. The van der Waals surface area contributed by atoms with E-state index in [1.807, 2.05) is 6.92 Å². The van der Waals surface area contributed by atoms with E-state index in [9.17, 15) is 31.1 Å². The monoisotopic (exact) mass is 517 g/mol. The lowest BCUT2D eigenvalue weighted by molar-refractivity contribution is -0.137. The van der Waals surface area contributed by atoms with Crippen molar-refractivity contribution in [2.24, 2.45) is 0 Å². The Kier molecular flexibility index (Phi) is 11.4. The summed E-state index contributed by atoms with van der Waals surface area (Å²) >= 11 is 0. The average Bonchev–Trinajstić information content (AvgIpc) is 2.84. The Labute approximate surface area is 207 Å². The highest BCUT2D eigenvalue weighted by molar-refractivity contribution is 5.94. The summed E-state index contributed by atoms with van der Waals surface area (Å²) in [4.78, 5) is 12.2. The van der Waals surface area contributed by atoms with Gasteiger partial charge in [0, 0.05) is 13.0 Å². The molecule has 0 aliphatic carbocycles. The normalized spacial score (nSPS) is 13.3. The maximum atomic E-state index is 14.7.